The summed E-state index contributed by atoms with van der Waals surface area (Å²) in [6, 6.07) is 11.3. The molecule has 2 amide bonds. The van der Waals surface area contributed by atoms with Crippen molar-refractivity contribution in [3.05, 3.63) is 82.0 Å². The van der Waals surface area contributed by atoms with Gasteiger partial charge in [0.2, 0.25) is 5.88 Å². The Bertz CT molecular complexity index is 2240. The summed E-state index contributed by atoms with van der Waals surface area (Å²) in [5.74, 6) is 5.20. The molecule has 0 unspecified atom stereocenters. The zero-order valence-electron chi connectivity index (χ0n) is 32.7. The lowest BCUT2D eigenvalue weighted by Gasteiger charge is -2.47. The number of benzene rings is 2. The Morgan fingerprint density at radius 2 is 2.05 bits per heavy atom. The molecule has 2 aliphatic carbocycles. The van der Waals surface area contributed by atoms with Crippen molar-refractivity contribution in [1.82, 2.24) is 19.4 Å². The second kappa shape index (κ2) is 15.9. The number of nitrogens with one attached hydrogen (secondary N) is 1. The molecule has 298 valence electrons. The molecule has 1 aromatic heterocycles. The van der Waals surface area contributed by atoms with Crippen LogP contribution in [0.1, 0.15) is 70.9 Å². The highest BCUT2D eigenvalue weighted by Gasteiger charge is 2.47. The molecule has 1 spiro atoms. The van der Waals surface area contributed by atoms with Crippen molar-refractivity contribution in [2.75, 3.05) is 58.1 Å². The molecule has 2 aliphatic heterocycles. The van der Waals surface area contributed by atoms with Gasteiger partial charge in [-0.25, -0.2) is 4.21 Å². The summed E-state index contributed by atoms with van der Waals surface area (Å²) in [5.41, 5.74) is 1.69. The number of aromatic nitrogens is 2. The minimum absolute atomic E-state index is 0.0553. The van der Waals surface area contributed by atoms with Crippen molar-refractivity contribution in [2.45, 2.75) is 56.5 Å². The number of aliphatic hydroxyl groups is 1. The predicted molar refractivity (Wildman–Crippen MR) is 218 cm³/mol. The molecule has 7 rings (SSSR count). The SMILES string of the molecule is COc1nn(C)cc1C(=O)N[S@@]1(=O)=NC(=O)c2ccc3c(c2)N(C[C@@H]2CC[C@H]2[C@@](O)(C#CCN(C)C)/C=C/C[C@H](C)C1)C[C@@]1(CCCc2cc(Cl)ccc21)CO3. The van der Waals surface area contributed by atoms with Gasteiger partial charge in [-0.2, -0.15) is 0 Å². The molecule has 1 fully saturated rings. The average molecular weight is 803 g/mol. The summed E-state index contributed by atoms with van der Waals surface area (Å²) in [4.78, 5) is 32.0. The third-order valence-electron chi connectivity index (χ3n) is 11.5. The van der Waals surface area contributed by atoms with Crippen molar-refractivity contribution in [3.63, 3.8) is 0 Å². The molecule has 0 saturated heterocycles. The van der Waals surface area contributed by atoms with E-state index in [1.807, 2.05) is 38.1 Å². The molecule has 2 aromatic carbocycles. The molecule has 4 aliphatic rings. The maximum absolute atomic E-state index is 14.7. The maximum Gasteiger partial charge on any atom is 0.286 e. The predicted octanol–water partition coefficient (Wildman–Crippen LogP) is 5.43. The van der Waals surface area contributed by atoms with Crippen molar-refractivity contribution in [1.29, 1.82) is 0 Å². The number of carbonyl (C=O) groups excluding carboxylic acids is 2. The van der Waals surface area contributed by atoms with Gasteiger partial charge in [-0.3, -0.25) is 23.9 Å². The van der Waals surface area contributed by atoms with Crippen LogP contribution < -0.4 is 19.1 Å². The van der Waals surface area contributed by atoms with Crippen LogP contribution in [0.4, 0.5) is 5.69 Å². The number of hydrogen-bond acceptors (Lipinski definition) is 9. The molecule has 2 N–H and O–H groups in total. The first-order valence-electron chi connectivity index (χ1n) is 19.2. The quantitative estimate of drug-likeness (QED) is 0.262. The van der Waals surface area contributed by atoms with Gasteiger partial charge in [0.25, 0.3) is 11.8 Å². The number of ether oxygens (including phenoxy) is 2. The van der Waals surface area contributed by atoms with Crippen LogP contribution in [0.5, 0.6) is 11.6 Å². The van der Waals surface area contributed by atoms with Crippen molar-refractivity contribution >= 4 is 39.0 Å². The number of amides is 2. The number of nitrogens with zero attached hydrogens (tertiary/aromatic N) is 5. The Morgan fingerprint density at radius 1 is 1.23 bits per heavy atom. The first-order chi connectivity index (χ1) is 26.7. The lowest BCUT2D eigenvalue weighted by Crippen LogP contribution is -2.52. The van der Waals surface area contributed by atoms with Gasteiger partial charge in [0.05, 0.1) is 31.7 Å². The van der Waals surface area contributed by atoms with E-state index in [1.54, 1.807) is 31.3 Å². The zero-order valence-corrected chi connectivity index (χ0v) is 34.3. The number of rotatable bonds is 4. The molecule has 1 saturated carbocycles. The van der Waals surface area contributed by atoms with E-state index < -0.39 is 27.3 Å². The third kappa shape index (κ3) is 8.21. The number of hydrogen-bond donors (Lipinski definition) is 2. The minimum atomic E-state index is -3.69. The number of carbonyl (C=O) groups is 2. The highest BCUT2D eigenvalue weighted by atomic mass is 35.5. The molecule has 2 bridgehead atoms. The lowest BCUT2D eigenvalue weighted by molar-refractivity contribution is -0.00326. The first-order valence-corrected chi connectivity index (χ1v) is 21.3. The summed E-state index contributed by atoms with van der Waals surface area (Å²) in [5, 5.41) is 17.3. The highest BCUT2D eigenvalue weighted by molar-refractivity contribution is 7.92. The fourth-order valence-corrected chi connectivity index (χ4v) is 10.8. The molecule has 12 nitrogen and oxygen atoms in total. The van der Waals surface area contributed by atoms with E-state index >= 15 is 0 Å². The van der Waals surface area contributed by atoms with Crippen molar-refractivity contribution < 1.29 is 28.4 Å². The topological polar surface area (TPSA) is 139 Å². The second-order valence-electron chi connectivity index (χ2n) is 16.2. The Kier molecular flexibility index (Phi) is 11.3. The molecule has 3 aromatic rings. The first kappa shape index (κ1) is 39.9. The summed E-state index contributed by atoms with van der Waals surface area (Å²) in [6.45, 7) is 4.02. The largest absolute Gasteiger partial charge is 0.490 e. The van der Waals surface area contributed by atoms with Crippen molar-refractivity contribution in [3.8, 4) is 23.5 Å². The third-order valence-corrected chi connectivity index (χ3v) is 13.8. The average Bonchev–Trinajstić information content (AvgIpc) is 3.44. The molecule has 56 heavy (non-hydrogen) atoms. The van der Waals surface area contributed by atoms with E-state index in [-0.39, 0.29) is 45.9 Å². The molecule has 14 heteroatoms. The van der Waals surface area contributed by atoms with Gasteiger partial charge in [0.1, 0.15) is 26.8 Å². The second-order valence-corrected chi connectivity index (χ2v) is 18.6. The Labute approximate surface area is 334 Å². The van der Waals surface area contributed by atoms with E-state index in [0.29, 0.717) is 43.4 Å². The van der Waals surface area contributed by atoms with E-state index in [4.69, 9.17) is 21.1 Å². The smallest absolute Gasteiger partial charge is 0.286 e. The van der Waals surface area contributed by atoms with Crippen molar-refractivity contribution in [2.24, 2.45) is 29.2 Å². The number of fused-ring (bicyclic) bond motifs is 4. The molecule has 3 heterocycles. The normalized spacial score (nSPS) is 29.3. The summed E-state index contributed by atoms with van der Waals surface area (Å²) in [6.07, 6.45) is 10.1. The van der Waals surface area contributed by atoms with Crippen LogP contribution in [0.25, 0.3) is 0 Å². The van der Waals surface area contributed by atoms with Gasteiger partial charge in [-0.05, 0) is 112 Å². The van der Waals surface area contributed by atoms with Crippen LogP contribution in [0.15, 0.2) is 59.1 Å². The minimum Gasteiger partial charge on any atom is -0.490 e. The van der Waals surface area contributed by atoms with E-state index in [0.717, 1.165) is 37.8 Å². The maximum atomic E-state index is 14.7. The Balaban J connectivity index is 1.34. The Hall–Kier alpha value is -4.35. The van der Waals surface area contributed by atoms with Crippen LogP contribution in [-0.2, 0) is 28.8 Å². The van der Waals surface area contributed by atoms with Crippen LogP contribution in [0, 0.1) is 29.6 Å². The monoisotopic (exact) mass is 802 g/mol. The van der Waals surface area contributed by atoms with Crippen LogP contribution >= 0.6 is 11.6 Å². The number of aryl methyl sites for hydroxylation is 2. The highest BCUT2D eigenvalue weighted by Crippen LogP contribution is 2.48. The number of halogens is 1. The fraction of sp³-hybridized carbons (Fsp3) is 0.500. The van der Waals surface area contributed by atoms with E-state index in [9.17, 15) is 18.9 Å². The molecule has 0 radical (unpaired) electrons. The van der Waals surface area contributed by atoms with Gasteiger partial charge in [-0.1, -0.05) is 42.5 Å². The molecular weight excluding hydrogens is 752 g/mol. The van der Waals surface area contributed by atoms with Gasteiger partial charge in [-0.15, -0.1) is 9.46 Å². The van der Waals surface area contributed by atoms with Gasteiger partial charge in [0, 0.05) is 48.3 Å². The van der Waals surface area contributed by atoms with Crippen LogP contribution in [-0.4, -0.2) is 94.6 Å². The number of allylic oxidation sites excluding steroid dienone is 1. The summed E-state index contributed by atoms with van der Waals surface area (Å²) >= 11 is 6.48. The van der Waals surface area contributed by atoms with E-state index in [1.165, 1.54) is 29.1 Å². The zero-order chi connectivity index (χ0) is 39.8. The molecular formula is C42H51ClN6O6S. The van der Waals surface area contributed by atoms with Gasteiger partial charge < -0.3 is 19.5 Å². The van der Waals surface area contributed by atoms with E-state index in [2.05, 4.69) is 43.1 Å². The van der Waals surface area contributed by atoms with Crippen LogP contribution in [0.3, 0.4) is 0 Å². The van der Waals surface area contributed by atoms with Crippen LogP contribution in [0.2, 0.25) is 5.02 Å². The Morgan fingerprint density at radius 3 is 2.80 bits per heavy atom. The fourth-order valence-electron chi connectivity index (χ4n) is 8.69. The summed E-state index contributed by atoms with van der Waals surface area (Å²) in [7, 11) is 3.22. The number of anilines is 1. The lowest BCUT2D eigenvalue weighted by atomic mass is 9.64. The summed E-state index contributed by atoms with van der Waals surface area (Å²) < 4.78 is 34.9. The van der Waals surface area contributed by atoms with Gasteiger partial charge >= 0.3 is 0 Å². The molecule has 6 atom stereocenters. The standard InChI is InChI=1S/C42H51ClN6O6S/c1-28-9-6-18-42(52,19-8-20-47(2)3)35-14-11-31(35)23-49-26-41(17-7-10-29-21-32(43)13-15-34(29)41)27-55-37-16-12-30(22-36(37)49)38(50)45-56(53,25-28)46-39(51)33-24-48(4)44-40(33)54-5/h6,12-13,15-16,18,21-22,24,28,31,35,52H,7,9-11,14,17,20,23,25-27H2,1-5H3,(H,45,46,50,51,53)/b18-6+/t28-,31-,35+,41-,42-,56-/m0/s1. The van der Waals surface area contributed by atoms with Gasteiger partial charge in [0.15, 0.2) is 0 Å². The number of methoxy groups -OCH3 is 1.